The molecule has 0 aromatic heterocycles. The lowest BCUT2D eigenvalue weighted by atomic mass is 9.76. The molecule has 1 aromatic carbocycles. The summed E-state index contributed by atoms with van der Waals surface area (Å²) in [7, 11) is 0. The fraction of sp³-hybridized carbons (Fsp3) is 0.571. The summed E-state index contributed by atoms with van der Waals surface area (Å²) in [4.78, 5) is 0. The number of benzene rings is 1. The van der Waals surface area contributed by atoms with Gasteiger partial charge in [-0.3, -0.25) is 0 Å². The van der Waals surface area contributed by atoms with Gasteiger partial charge in [0.05, 0.1) is 12.2 Å². The van der Waals surface area contributed by atoms with E-state index in [2.05, 4.69) is 12.1 Å². The Morgan fingerprint density at radius 2 is 2.00 bits per heavy atom. The lowest BCUT2D eigenvalue weighted by Crippen LogP contribution is -2.29. The van der Waals surface area contributed by atoms with Gasteiger partial charge in [0.1, 0.15) is 0 Å². The van der Waals surface area contributed by atoms with Crippen molar-refractivity contribution in [3.8, 4) is 0 Å². The molecular weight excluding hydrogens is 220 g/mol. The summed E-state index contributed by atoms with van der Waals surface area (Å²) >= 11 is 5.90. The predicted octanol–water partition coefficient (Wildman–Crippen LogP) is 3.84. The molecule has 2 aliphatic rings. The van der Waals surface area contributed by atoms with Gasteiger partial charge in [-0.15, -0.1) is 0 Å². The maximum absolute atomic E-state index is 5.90. The third-order valence-corrected chi connectivity index (χ3v) is 4.31. The van der Waals surface area contributed by atoms with E-state index < -0.39 is 0 Å². The summed E-state index contributed by atoms with van der Waals surface area (Å²) in [5, 5.41) is 0.824. The van der Waals surface area contributed by atoms with Gasteiger partial charge in [0.2, 0.25) is 0 Å². The molecule has 3 rings (SSSR count). The van der Waals surface area contributed by atoms with Crippen LogP contribution in [0.25, 0.3) is 0 Å². The first-order chi connectivity index (χ1) is 7.78. The van der Waals surface area contributed by atoms with Crippen molar-refractivity contribution in [3.05, 3.63) is 34.9 Å². The Morgan fingerprint density at radius 3 is 2.69 bits per heavy atom. The standard InChI is InChI=1S/C14H17ClO/c15-13-6-4-11(5-7-13)9-12-3-1-2-8-14(12)10-16-14/h4-7,12H,1-3,8-10H2. The Hall–Kier alpha value is -0.530. The highest BCUT2D eigenvalue weighted by Crippen LogP contribution is 2.47. The maximum atomic E-state index is 5.90. The molecule has 1 saturated carbocycles. The molecule has 2 unspecified atom stereocenters. The van der Waals surface area contributed by atoms with Crippen LogP contribution in [0.15, 0.2) is 24.3 Å². The fourth-order valence-electron chi connectivity index (χ4n) is 2.95. The second-order valence-electron chi connectivity index (χ2n) is 5.13. The summed E-state index contributed by atoms with van der Waals surface area (Å²) in [5.74, 6) is 0.724. The quantitative estimate of drug-likeness (QED) is 0.711. The maximum Gasteiger partial charge on any atom is 0.0947 e. The van der Waals surface area contributed by atoms with Crippen LogP contribution in [0.2, 0.25) is 5.02 Å². The highest BCUT2D eigenvalue weighted by Gasteiger charge is 2.51. The second kappa shape index (κ2) is 4.05. The van der Waals surface area contributed by atoms with E-state index in [1.54, 1.807) is 0 Å². The van der Waals surface area contributed by atoms with Crippen molar-refractivity contribution >= 4 is 11.6 Å². The van der Waals surface area contributed by atoms with Crippen LogP contribution in [0, 0.1) is 5.92 Å². The molecule has 1 aliphatic carbocycles. The van der Waals surface area contributed by atoms with Crippen molar-refractivity contribution in [2.24, 2.45) is 5.92 Å². The van der Waals surface area contributed by atoms with Gasteiger partial charge >= 0.3 is 0 Å². The molecule has 0 radical (unpaired) electrons. The van der Waals surface area contributed by atoms with Crippen LogP contribution < -0.4 is 0 Å². The molecule has 1 spiro atoms. The van der Waals surface area contributed by atoms with E-state index in [4.69, 9.17) is 16.3 Å². The summed E-state index contributed by atoms with van der Waals surface area (Å²) in [6.45, 7) is 0.991. The topological polar surface area (TPSA) is 12.5 Å². The van der Waals surface area contributed by atoms with Crippen LogP contribution in [0.1, 0.15) is 31.2 Å². The first kappa shape index (κ1) is 10.6. The molecule has 2 atom stereocenters. The Bertz CT molecular complexity index is 367. The van der Waals surface area contributed by atoms with Crippen molar-refractivity contribution in [3.63, 3.8) is 0 Å². The summed E-state index contributed by atoms with van der Waals surface area (Å²) in [6, 6.07) is 8.26. The third-order valence-electron chi connectivity index (χ3n) is 4.06. The summed E-state index contributed by atoms with van der Waals surface area (Å²) in [5.41, 5.74) is 1.66. The van der Waals surface area contributed by atoms with Crippen LogP contribution in [0.3, 0.4) is 0 Å². The first-order valence-electron chi connectivity index (χ1n) is 6.17. The molecule has 16 heavy (non-hydrogen) atoms. The van der Waals surface area contributed by atoms with Crippen LogP contribution in [0.4, 0.5) is 0 Å². The lowest BCUT2D eigenvalue weighted by molar-refractivity contribution is 0.158. The van der Waals surface area contributed by atoms with Gasteiger partial charge < -0.3 is 4.74 Å². The lowest BCUT2D eigenvalue weighted by Gasteiger charge is -2.29. The van der Waals surface area contributed by atoms with E-state index in [-0.39, 0.29) is 5.60 Å². The molecule has 1 nitrogen and oxygen atoms in total. The molecule has 0 bridgehead atoms. The van der Waals surface area contributed by atoms with Crippen LogP contribution >= 0.6 is 11.6 Å². The smallest absolute Gasteiger partial charge is 0.0947 e. The Balaban J connectivity index is 1.71. The highest BCUT2D eigenvalue weighted by atomic mass is 35.5. The third kappa shape index (κ3) is 1.99. The molecule has 0 amide bonds. The molecule has 1 saturated heterocycles. The van der Waals surface area contributed by atoms with E-state index in [1.807, 2.05) is 12.1 Å². The molecule has 0 N–H and O–H groups in total. The average Bonchev–Trinajstić information content (AvgIpc) is 3.06. The van der Waals surface area contributed by atoms with E-state index in [0.29, 0.717) is 0 Å². The minimum atomic E-state index is 0.262. The van der Waals surface area contributed by atoms with E-state index in [0.717, 1.165) is 24.0 Å². The Labute approximate surface area is 102 Å². The van der Waals surface area contributed by atoms with Gasteiger partial charge in [-0.1, -0.05) is 36.6 Å². The van der Waals surface area contributed by atoms with Gasteiger partial charge in [0.15, 0.2) is 0 Å². The van der Waals surface area contributed by atoms with Crippen molar-refractivity contribution in [1.82, 2.24) is 0 Å². The van der Waals surface area contributed by atoms with E-state index in [9.17, 15) is 0 Å². The monoisotopic (exact) mass is 236 g/mol. The SMILES string of the molecule is Clc1ccc(CC2CCCCC23CO3)cc1. The van der Waals surface area contributed by atoms with Crippen molar-refractivity contribution in [2.45, 2.75) is 37.7 Å². The molecule has 1 aromatic rings. The van der Waals surface area contributed by atoms with Gasteiger partial charge in [-0.05, 0) is 42.9 Å². The Morgan fingerprint density at radius 1 is 1.25 bits per heavy atom. The van der Waals surface area contributed by atoms with E-state index >= 15 is 0 Å². The zero-order chi connectivity index (χ0) is 11.0. The summed E-state index contributed by atoms with van der Waals surface area (Å²) in [6.07, 6.45) is 6.45. The van der Waals surface area contributed by atoms with Crippen molar-refractivity contribution in [1.29, 1.82) is 0 Å². The molecular formula is C14H17ClO. The van der Waals surface area contributed by atoms with Gasteiger partial charge in [0.25, 0.3) is 0 Å². The van der Waals surface area contributed by atoms with Crippen molar-refractivity contribution < 1.29 is 4.74 Å². The molecule has 1 heterocycles. The number of hydrogen-bond donors (Lipinski definition) is 0. The minimum absolute atomic E-state index is 0.262. The highest BCUT2D eigenvalue weighted by molar-refractivity contribution is 6.30. The molecule has 2 heteroatoms. The zero-order valence-electron chi connectivity index (χ0n) is 9.42. The minimum Gasteiger partial charge on any atom is -0.369 e. The fourth-order valence-corrected chi connectivity index (χ4v) is 3.07. The van der Waals surface area contributed by atoms with Gasteiger partial charge in [0, 0.05) is 5.02 Å². The predicted molar refractivity (Wildman–Crippen MR) is 65.8 cm³/mol. The molecule has 2 fully saturated rings. The zero-order valence-corrected chi connectivity index (χ0v) is 10.2. The van der Waals surface area contributed by atoms with Crippen LogP contribution in [0.5, 0.6) is 0 Å². The number of rotatable bonds is 2. The Kier molecular flexibility index (Phi) is 2.68. The summed E-state index contributed by atoms with van der Waals surface area (Å²) < 4.78 is 5.72. The van der Waals surface area contributed by atoms with Crippen molar-refractivity contribution in [2.75, 3.05) is 6.61 Å². The largest absolute Gasteiger partial charge is 0.369 e. The second-order valence-corrected chi connectivity index (χ2v) is 5.56. The number of halogens is 1. The average molecular weight is 237 g/mol. The molecule has 1 aliphatic heterocycles. The number of hydrogen-bond acceptors (Lipinski definition) is 1. The first-order valence-corrected chi connectivity index (χ1v) is 6.55. The normalized spacial score (nSPS) is 32.9. The number of ether oxygens (including phenoxy) is 1. The van der Waals surface area contributed by atoms with Crippen LogP contribution in [-0.2, 0) is 11.2 Å². The van der Waals surface area contributed by atoms with Gasteiger partial charge in [-0.2, -0.15) is 0 Å². The molecule has 86 valence electrons. The number of epoxide rings is 1. The van der Waals surface area contributed by atoms with Gasteiger partial charge in [-0.25, -0.2) is 0 Å². The van der Waals surface area contributed by atoms with Crippen LogP contribution in [-0.4, -0.2) is 12.2 Å². The van der Waals surface area contributed by atoms with E-state index in [1.165, 1.54) is 31.2 Å².